The van der Waals surface area contributed by atoms with Crippen molar-refractivity contribution in [3.8, 4) is 0 Å². The fraction of sp³-hybridized carbons (Fsp3) is 0.500. The second-order valence-corrected chi connectivity index (χ2v) is 7.52. The molecule has 24 heavy (non-hydrogen) atoms. The molecule has 4 heteroatoms. The molecule has 1 aromatic carbocycles. The quantitative estimate of drug-likeness (QED) is 0.932. The maximum absolute atomic E-state index is 12.4. The van der Waals surface area contributed by atoms with Crippen molar-refractivity contribution in [1.29, 1.82) is 0 Å². The Morgan fingerprint density at radius 3 is 2.50 bits per heavy atom. The molecule has 0 spiro atoms. The summed E-state index contributed by atoms with van der Waals surface area (Å²) in [5.74, 6) is 0.431. The summed E-state index contributed by atoms with van der Waals surface area (Å²) >= 11 is 0. The van der Waals surface area contributed by atoms with Crippen LogP contribution in [0, 0.1) is 12.8 Å². The first-order valence-electron chi connectivity index (χ1n) is 8.50. The largest absolute Gasteiger partial charge is 0.389 e. The van der Waals surface area contributed by atoms with Gasteiger partial charge in [0.1, 0.15) is 11.5 Å². The number of hydrogen-bond donors (Lipinski definition) is 1. The Morgan fingerprint density at radius 1 is 1.33 bits per heavy atom. The molecule has 0 fully saturated rings. The standard InChI is InChI=1S/C20H25NO3/c1-11(2)14-6-8-15(9-7-14)18-17-13(4)24-21-16(17)10-20(5,23)19(18)12(3)22/h6-9,11,18-19,23H,10H2,1-5H3/t18-,19-,20-/m1/s1. The van der Waals surface area contributed by atoms with Gasteiger partial charge in [0, 0.05) is 17.9 Å². The Balaban J connectivity index is 2.17. The van der Waals surface area contributed by atoms with E-state index in [0.29, 0.717) is 12.3 Å². The third kappa shape index (κ3) is 2.69. The van der Waals surface area contributed by atoms with E-state index < -0.39 is 11.5 Å². The van der Waals surface area contributed by atoms with Crippen molar-refractivity contribution in [3.05, 3.63) is 52.4 Å². The number of carbonyl (C=O) groups excluding carboxylic acids is 1. The van der Waals surface area contributed by atoms with Crippen LogP contribution in [0.4, 0.5) is 0 Å². The van der Waals surface area contributed by atoms with Crippen LogP contribution in [-0.2, 0) is 11.2 Å². The Kier molecular flexibility index (Phi) is 4.12. The normalized spacial score (nSPS) is 26.5. The van der Waals surface area contributed by atoms with Crippen LogP contribution in [-0.4, -0.2) is 21.6 Å². The molecule has 1 aromatic heterocycles. The zero-order chi connectivity index (χ0) is 17.6. The summed E-state index contributed by atoms with van der Waals surface area (Å²) in [6, 6.07) is 8.33. The number of aryl methyl sites for hydroxylation is 1. The van der Waals surface area contributed by atoms with Crippen molar-refractivity contribution in [2.75, 3.05) is 0 Å². The number of aromatic nitrogens is 1. The van der Waals surface area contributed by atoms with Crippen LogP contribution in [0.25, 0.3) is 0 Å². The number of Topliss-reactive ketones (excluding diaryl/α,β-unsaturated/α-hetero) is 1. The second kappa shape index (κ2) is 5.85. The first kappa shape index (κ1) is 16.9. The fourth-order valence-electron chi connectivity index (χ4n) is 4.05. The van der Waals surface area contributed by atoms with Crippen LogP contribution >= 0.6 is 0 Å². The van der Waals surface area contributed by atoms with Crippen molar-refractivity contribution in [1.82, 2.24) is 5.16 Å². The lowest BCUT2D eigenvalue weighted by atomic mass is 9.64. The smallest absolute Gasteiger partial charge is 0.137 e. The first-order valence-corrected chi connectivity index (χ1v) is 8.50. The molecule has 2 aromatic rings. The number of rotatable bonds is 3. The lowest BCUT2D eigenvalue weighted by molar-refractivity contribution is -0.130. The molecule has 3 atom stereocenters. The molecule has 0 aliphatic heterocycles. The van der Waals surface area contributed by atoms with Gasteiger partial charge in [-0.3, -0.25) is 4.79 Å². The Labute approximate surface area is 142 Å². The van der Waals surface area contributed by atoms with Crippen LogP contribution in [0.15, 0.2) is 28.8 Å². The Morgan fingerprint density at radius 2 is 1.96 bits per heavy atom. The van der Waals surface area contributed by atoms with Gasteiger partial charge in [0.25, 0.3) is 0 Å². The van der Waals surface area contributed by atoms with E-state index in [9.17, 15) is 9.90 Å². The first-order chi connectivity index (χ1) is 11.2. The molecule has 0 saturated heterocycles. The molecule has 1 N–H and O–H groups in total. The fourth-order valence-corrected chi connectivity index (χ4v) is 4.05. The number of ketones is 1. The van der Waals surface area contributed by atoms with Gasteiger partial charge in [0.2, 0.25) is 0 Å². The minimum absolute atomic E-state index is 0.0100. The van der Waals surface area contributed by atoms with E-state index in [0.717, 1.165) is 22.6 Å². The molecule has 0 amide bonds. The van der Waals surface area contributed by atoms with Gasteiger partial charge in [0.15, 0.2) is 0 Å². The number of carbonyl (C=O) groups is 1. The minimum Gasteiger partial charge on any atom is -0.389 e. The summed E-state index contributed by atoms with van der Waals surface area (Å²) in [4.78, 5) is 12.4. The lowest BCUT2D eigenvalue weighted by Crippen LogP contribution is -2.48. The van der Waals surface area contributed by atoms with E-state index in [1.54, 1.807) is 13.8 Å². The summed E-state index contributed by atoms with van der Waals surface area (Å²) < 4.78 is 5.38. The molecule has 1 aliphatic rings. The highest BCUT2D eigenvalue weighted by atomic mass is 16.5. The van der Waals surface area contributed by atoms with E-state index >= 15 is 0 Å². The molecule has 4 nitrogen and oxygen atoms in total. The zero-order valence-corrected chi connectivity index (χ0v) is 15.0. The molecule has 0 radical (unpaired) electrons. The zero-order valence-electron chi connectivity index (χ0n) is 15.0. The minimum atomic E-state index is -1.14. The van der Waals surface area contributed by atoms with Gasteiger partial charge in [-0.2, -0.15) is 0 Å². The summed E-state index contributed by atoms with van der Waals surface area (Å²) in [7, 11) is 0. The highest BCUT2D eigenvalue weighted by Gasteiger charge is 2.49. The van der Waals surface area contributed by atoms with E-state index in [1.807, 2.05) is 6.92 Å². The number of aliphatic hydroxyl groups is 1. The Bertz CT molecular complexity index is 756. The van der Waals surface area contributed by atoms with Crippen molar-refractivity contribution < 1.29 is 14.4 Å². The van der Waals surface area contributed by atoms with Crippen molar-refractivity contribution in [2.24, 2.45) is 5.92 Å². The number of benzene rings is 1. The predicted octanol–water partition coefficient (Wildman–Crippen LogP) is 3.75. The summed E-state index contributed by atoms with van der Waals surface area (Å²) in [5, 5.41) is 15.1. The van der Waals surface area contributed by atoms with E-state index in [2.05, 4.69) is 43.3 Å². The van der Waals surface area contributed by atoms with Gasteiger partial charge in [-0.05, 0) is 37.8 Å². The summed E-state index contributed by atoms with van der Waals surface area (Å²) in [5.41, 5.74) is 2.85. The molecule has 0 saturated carbocycles. The summed E-state index contributed by atoms with van der Waals surface area (Å²) in [6.07, 6.45) is 0.338. The third-order valence-corrected chi connectivity index (χ3v) is 5.22. The van der Waals surface area contributed by atoms with Crippen molar-refractivity contribution in [2.45, 2.75) is 58.5 Å². The molecule has 0 unspecified atom stereocenters. The molecule has 3 rings (SSSR count). The van der Waals surface area contributed by atoms with Crippen LogP contribution in [0.2, 0.25) is 0 Å². The lowest BCUT2D eigenvalue weighted by Gasteiger charge is -2.40. The van der Waals surface area contributed by atoms with Crippen molar-refractivity contribution >= 4 is 5.78 Å². The molecule has 128 valence electrons. The molecule has 1 aliphatic carbocycles. The maximum Gasteiger partial charge on any atom is 0.137 e. The van der Waals surface area contributed by atoms with Crippen LogP contribution in [0.3, 0.4) is 0 Å². The highest BCUT2D eigenvalue weighted by molar-refractivity contribution is 5.82. The SMILES string of the molecule is CC(=O)[C@@H]1[C@H](c2ccc(C(C)C)cc2)c2c(noc2C)C[C@@]1(C)O. The number of hydrogen-bond acceptors (Lipinski definition) is 4. The van der Waals surface area contributed by atoms with Crippen molar-refractivity contribution in [3.63, 3.8) is 0 Å². The molecule has 0 bridgehead atoms. The van der Waals surface area contributed by atoms with Gasteiger partial charge < -0.3 is 9.63 Å². The average molecular weight is 327 g/mol. The topological polar surface area (TPSA) is 63.3 Å². The maximum atomic E-state index is 12.4. The van der Waals surface area contributed by atoms with E-state index in [1.165, 1.54) is 5.56 Å². The van der Waals surface area contributed by atoms with E-state index in [4.69, 9.17) is 4.52 Å². The molecule has 1 heterocycles. The third-order valence-electron chi connectivity index (χ3n) is 5.22. The average Bonchev–Trinajstić information content (AvgIpc) is 2.85. The van der Waals surface area contributed by atoms with Crippen LogP contribution < -0.4 is 0 Å². The number of fused-ring (bicyclic) bond motifs is 1. The van der Waals surface area contributed by atoms with Gasteiger partial charge >= 0.3 is 0 Å². The van der Waals surface area contributed by atoms with Gasteiger partial charge in [-0.15, -0.1) is 0 Å². The molecular formula is C20H25NO3. The second-order valence-electron chi connectivity index (χ2n) is 7.52. The van der Waals surface area contributed by atoms with Crippen LogP contribution in [0.1, 0.15) is 67.7 Å². The number of nitrogens with zero attached hydrogens (tertiary/aromatic N) is 1. The van der Waals surface area contributed by atoms with Gasteiger partial charge in [0.05, 0.1) is 17.2 Å². The van der Waals surface area contributed by atoms with Gasteiger partial charge in [-0.25, -0.2) is 0 Å². The summed E-state index contributed by atoms with van der Waals surface area (Å²) in [6.45, 7) is 9.46. The predicted molar refractivity (Wildman–Crippen MR) is 92.1 cm³/mol. The monoisotopic (exact) mass is 327 g/mol. The highest BCUT2D eigenvalue weighted by Crippen LogP contribution is 2.47. The van der Waals surface area contributed by atoms with Gasteiger partial charge in [-0.1, -0.05) is 43.3 Å². The Hall–Kier alpha value is -1.94. The van der Waals surface area contributed by atoms with Crippen LogP contribution in [0.5, 0.6) is 0 Å². The van der Waals surface area contributed by atoms with E-state index in [-0.39, 0.29) is 11.7 Å². The molecular weight excluding hydrogens is 302 g/mol.